The Bertz CT molecular complexity index is 699. The van der Waals surface area contributed by atoms with Gasteiger partial charge in [-0.15, -0.1) is 0 Å². The van der Waals surface area contributed by atoms with Crippen molar-refractivity contribution in [1.82, 2.24) is 14.8 Å². The van der Waals surface area contributed by atoms with E-state index >= 15 is 0 Å². The number of hydrogen-bond donors (Lipinski definition) is 1. The van der Waals surface area contributed by atoms with Crippen molar-refractivity contribution in [3.8, 4) is 0 Å². The third-order valence-electron chi connectivity index (χ3n) is 4.28. The Morgan fingerprint density at radius 2 is 1.96 bits per heavy atom. The molecule has 0 bridgehead atoms. The Labute approximate surface area is 147 Å². The molecule has 24 heavy (non-hydrogen) atoms. The molecular formula is C18H21ClN4O. The molecule has 0 radical (unpaired) electrons. The average Bonchev–Trinajstić information content (AvgIpc) is 2.60. The van der Waals surface area contributed by atoms with Gasteiger partial charge >= 0.3 is 6.03 Å². The summed E-state index contributed by atoms with van der Waals surface area (Å²) in [7, 11) is 0. The van der Waals surface area contributed by atoms with Gasteiger partial charge in [0.25, 0.3) is 0 Å². The molecule has 1 aliphatic heterocycles. The molecule has 5 nitrogen and oxygen atoms in total. The topological polar surface area (TPSA) is 48.5 Å². The number of aromatic nitrogens is 1. The highest BCUT2D eigenvalue weighted by Crippen LogP contribution is 2.23. The van der Waals surface area contributed by atoms with Gasteiger partial charge in [0, 0.05) is 49.6 Å². The van der Waals surface area contributed by atoms with Crippen LogP contribution in [0.25, 0.3) is 0 Å². The van der Waals surface area contributed by atoms with Crippen molar-refractivity contribution in [2.45, 2.75) is 13.5 Å². The number of rotatable bonds is 3. The SMILES string of the molecule is Cc1c(Cl)cccc1NC(=O)N1CCN(Cc2ccccn2)CC1. The lowest BCUT2D eigenvalue weighted by atomic mass is 10.2. The van der Waals surface area contributed by atoms with E-state index in [2.05, 4.69) is 15.2 Å². The fraction of sp³-hybridized carbons (Fsp3) is 0.333. The van der Waals surface area contributed by atoms with Crippen LogP contribution in [0.5, 0.6) is 0 Å². The van der Waals surface area contributed by atoms with Gasteiger partial charge in [0.1, 0.15) is 0 Å². The minimum Gasteiger partial charge on any atom is -0.322 e. The number of pyridine rings is 1. The van der Waals surface area contributed by atoms with Crippen molar-refractivity contribution in [2.75, 3.05) is 31.5 Å². The number of carbonyl (C=O) groups is 1. The first kappa shape index (κ1) is 16.7. The zero-order valence-electron chi connectivity index (χ0n) is 13.7. The fourth-order valence-corrected chi connectivity index (χ4v) is 2.94. The Morgan fingerprint density at radius 1 is 1.17 bits per heavy atom. The maximum Gasteiger partial charge on any atom is 0.321 e. The second kappa shape index (κ2) is 7.64. The number of carbonyl (C=O) groups excluding carboxylic acids is 1. The van der Waals surface area contributed by atoms with Crippen LogP contribution >= 0.6 is 11.6 Å². The fourth-order valence-electron chi connectivity index (χ4n) is 2.77. The highest BCUT2D eigenvalue weighted by atomic mass is 35.5. The molecule has 6 heteroatoms. The lowest BCUT2D eigenvalue weighted by molar-refractivity contribution is 0.142. The van der Waals surface area contributed by atoms with Crippen LogP contribution in [0.15, 0.2) is 42.6 Å². The number of hydrogen-bond acceptors (Lipinski definition) is 3. The van der Waals surface area contributed by atoms with E-state index in [0.29, 0.717) is 18.1 Å². The molecule has 2 amide bonds. The summed E-state index contributed by atoms with van der Waals surface area (Å²) in [5.74, 6) is 0. The van der Waals surface area contributed by atoms with Crippen LogP contribution in [0.4, 0.5) is 10.5 Å². The van der Waals surface area contributed by atoms with Gasteiger partial charge in [-0.2, -0.15) is 0 Å². The van der Waals surface area contributed by atoms with Gasteiger partial charge in [-0.05, 0) is 36.8 Å². The minimum atomic E-state index is -0.0714. The number of benzene rings is 1. The molecule has 1 aliphatic rings. The smallest absolute Gasteiger partial charge is 0.321 e. The monoisotopic (exact) mass is 344 g/mol. The maximum absolute atomic E-state index is 12.4. The summed E-state index contributed by atoms with van der Waals surface area (Å²) in [5, 5.41) is 3.62. The average molecular weight is 345 g/mol. The summed E-state index contributed by atoms with van der Waals surface area (Å²) in [6, 6.07) is 11.4. The molecule has 0 atom stereocenters. The maximum atomic E-state index is 12.4. The van der Waals surface area contributed by atoms with E-state index < -0.39 is 0 Å². The van der Waals surface area contributed by atoms with Crippen molar-refractivity contribution in [3.05, 3.63) is 58.9 Å². The highest BCUT2D eigenvalue weighted by molar-refractivity contribution is 6.31. The van der Waals surface area contributed by atoms with Crippen LogP contribution in [-0.4, -0.2) is 47.0 Å². The molecule has 0 saturated carbocycles. The summed E-state index contributed by atoms with van der Waals surface area (Å²) in [5.41, 5.74) is 2.72. The first-order chi connectivity index (χ1) is 11.6. The van der Waals surface area contributed by atoms with Crippen molar-refractivity contribution < 1.29 is 4.79 Å². The third kappa shape index (κ3) is 4.04. The summed E-state index contributed by atoms with van der Waals surface area (Å²) >= 11 is 6.10. The standard InChI is InChI=1S/C18H21ClN4O/c1-14-16(19)6-4-7-17(14)21-18(24)23-11-9-22(10-12-23)13-15-5-2-3-8-20-15/h2-8H,9-13H2,1H3,(H,21,24). The lowest BCUT2D eigenvalue weighted by Gasteiger charge is -2.34. The van der Waals surface area contributed by atoms with Crippen LogP contribution in [-0.2, 0) is 6.54 Å². The molecule has 0 unspecified atom stereocenters. The number of anilines is 1. The number of urea groups is 1. The Balaban J connectivity index is 1.52. The zero-order valence-corrected chi connectivity index (χ0v) is 14.5. The first-order valence-electron chi connectivity index (χ1n) is 8.07. The lowest BCUT2D eigenvalue weighted by Crippen LogP contribution is -2.49. The summed E-state index contributed by atoms with van der Waals surface area (Å²) in [4.78, 5) is 20.9. The number of nitrogens with zero attached hydrogens (tertiary/aromatic N) is 3. The van der Waals surface area contributed by atoms with E-state index in [1.807, 2.05) is 54.4 Å². The van der Waals surface area contributed by atoms with Gasteiger partial charge in [0.15, 0.2) is 0 Å². The van der Waals surface area contributed by atoms with Gasteiger partial charge < -0.3 is 10.2 Å². The number of nitrogens with one attached hydrogen (secondary N) is 1. The molecule has 2 aromatic rings. The van der Waals surface area contributed by atoms with Gasteiger partial charge in [-0.1, -0.05) is 23.7 Å². The Morgan fingerprint density at radius 3 is 2.67 bits per heavy atom. The predicted octanol–water partition coefficient (Wildman–Crippen LogP) is 3.39. The first-order valence-corrected chi connectivity index (χ1v) is 8.44. The van der Waals surface area contributed by atoms with E-state index in [0.717, 1.165) is 36.6 Å². The van der Waals surface area contributed by atoms with Crippen LogP contribution in [0.3, 0.4) is 0 Å². The van der Waals surface area contributed by atoms with Crippen molar-refractivity contribution in [2.24, 2.45) is 0 Å². The van der Waals surface area contributed by atoms with Gasteiger partial charge in [-0.25, -0.2) is 4.79 Å². The molecule has 3 rings (SSSR count). The van der Waals surface area contributed by atoms with Crippen LogP contribution in [0, 0.1) is 6.92 Å². The second-order valence-corrected chi connectivity index (χ2v) is 6.33. The van der Waals surface area contributed by atoms with Crippen molar-refractivity contribution in [1.29, 1.82) is 0 Å². The zero-order chi connectivity index (χ0) is 16.9. The van der Waals surface area contributed by atoms with Gasteiger partial charge in [0.05, 0.1) is 5.69 Å². The third-order valence-corrected chi connectivity index (χ3v) is 4.69. The van der Waals surface area contributed by atoms with Crippen molar-refractivity contribution in [3.63, 3.8) is 0 Å². The molecule has 1 N–H and O–H groups in total. The summed E-state index contributed by atoms with van der Waals surface area (Å²) in [6.07, 6.45) is 1.81. The second-order valence-electron chi connectivity index (χ2n) is 5.93. The molecule has 0 spiro atoms. The number of amides is 2. The molecule has 2 heterocycles. The van der Waals surface area contributed by atoms with Crippen LogP contribution in [0.2, 0.25) is 5.02 Å². The molecule has 1 aromatic heterocycles. The molecular weight excluding hydrogens is 324 g/mol. The van der Waals surface area contributed by atoms with Gasteiger partial charge in [0.2, 0.25) is 0 Å². The number of piperazine rings is 1. The van der Waals surface area contributed by atoms with E-state index in [1.165, 1.54) is 0 Å². The molecule has 0 aliphatic carbocycles. The summed E-state index contributed by atoms with van der Waals surface area (Å²) < 4.78 is 0. The quantitative estimate of drug-likeness (QED) is 0.928. The van der Waals surface area contributed by atoms with E-state index in [9.17, 15) is 4.79 Å². The molecule has 126 valence electrons. The molecule has 1 aromatic carbocycles. The van der Waals surface area contributed by atoms with Crippen LogP contribution in [0.1, 0.15) is 11.3 Å². The van der Waals surface area contributed by atoms with E-state index in [-0.39, 0.29) is 6.03 Å². The number of halogens is 1. The Hall–Kier alpha value is -2.11. The van der Waals surface area contributed by atoms with Crippen molar-refractivity contribution >= 4 is 23.3 Å². The minimum absolute atomic E-state index is 0.0714. The largest absolute Gasteiger partial charge is 0.322 e. The van der Waals surface area contributed by atoms with E-state index in [4.69, 9.17) is 11.6 Å². The van der Waals surface area contributed by atoms with Gasteiger partial charge in [-0.3, -0.25) is 9.88 Å². The van der Waals surface area contributed by atoms with Crippen LogP contribution < -0.4 is 5.32 Å². The molecule has 1 fully saturated rings. The predicted molar refractivity (Wildman–Crippen MR) is 96.3 cm³/mol. The van der Waals surface area contributed by atoms with E-state index in [1.54, 1.807) is 0 Å². The highest BCUT2D eigenvalue weighted by Gasteiger charge is 2.21. The normalized spacial score (nSPS) is 15.3. The summed E-state index contributed by atoms with van der Waals surface area (Å²) in [6.45, 7) is 5.83. The Kier molecular flexibility index (Phi) is 5.33. The molecule has 1 saturated heterocycles.